The molecule has 2 aromatic rings. The predicted octanol–water partition coefficient (Wildman–Crippen LogP) is 4.06. The SMILES string of the molecule is O=C(CCC1CCCCC1)Nc1ccc(S(=O)(=O)NCc2ccco2)cc1. The number of carbonyl (C=O) groups is 1. The number of nitrogens with one attached hydrogen (secondary N) is 2. The van der Waals surface area contributed by atoms with Crippen LogP contribution in [0, 0.1) is 5.92 Å². The average Bonchev–Trinajstić information content (AvgIpc) is 3.20. The molecule has 1 aromatic carbocycles. The molecule has 1 aliphatic rings. The molecule has 7 heteroatoms. The summed E-state index contributed by atoms with van der Waals surface area (Å²) in [7, 11) is -3.63. The second kappa shape index (κ2) is 9.19. The second-order valence-electron chi connectivity index (χ2n) is 7.02. The van der Waals surface area contributed by atoms with E-state index in [-0.39, 0.29) is 17.3 Å². The van der Waals surface area contributed by atoms with Crippen LogP contribution in [0.25, 0.3) is 0 Å². The summed E-state index contributed by atoms with van der Waals surface area (Å²) in [6.07, 6.45) is 9.25. The van der Waals surface area contributed by atoms with Crippen LogP contribution < -0.4 is 10.0 Å². The van der Waals surface area contributed by atoms with Gasteiger partial charge >= 0.3 is 0 Å². The molecule has 0 aliphatic heterocycles. The smallest absolute Gasteiger partial charge is 0.240 e. The molecular weight excluding hydrogens is 364 g/mol. The second-order valence-corrected chi connectivity index (χ2v) is 8.79. The van der Waals surface area contributed by atoms with Gasteiger partial charge in [-0.15, -0.1) is 0 Å². The van der Waals surface area contributed by atoms with E-state index in [1.165, 1.54) is 50.5 Å². The highest BCUT2D eigenvalue weighted by molar-refractivity contribution is 7.89. The molecule has 6 nitrogen and oxygen atoms in total. The van der Waals surface area contributed by atoms with E-state index in [9.17, 15) is 13.2 Å². The molecule has 27 heavy (non-hydrogen) atoms. The molecule has 1 saturated carbocycles. The van der Waals surface area contributed by atoms with Gasteiger partial charge in [-0.05, 0) is 48.7 Å². The highest BCUT2D eigenvalue weighted by Gasteiger charge is 2.16. The lowest BCUT2D eigenvalue weighted by Gasteiger charge is -2.21. The Morgan fingerprint density at radius 1 is 1.07 bits per heavy atom. The van der Waals surface area contributed by atoms with E-state index in [0.717, 1.165) is 6.42 Å². The summed E-state index contributed by atoms with van der Waals surface area (Å²) >= 11 is 0. The van der Waals surface area contributed by atoms with Gasteiger partial charge in [-0.1, -0.05) is 32.1 Å². The van der Waals surface area contributed by atoms with Gasteiger partial charge in [-0.3, -0.25) is 4.79 Å². The Labute approximate surface area is 160 Å². The van der Waals surface area contributed by atoms with Crippen LogP contribution in [-0.4, -0.2) is 14.3 Å². The highest BCUT2D eigenvalue weighted by Crippen LogP contribution is 2.27. The molecule has 0 spiro atoms. The van der Waals surface area contributed by atoms with Crippen LogP contribution in [0.2, 0.25) is 0 Å². The van der Waals surface area contributed by atoms with Crippen molar-refractivity contribution < 1.29 is 17.6 Å². The van der Waals surface area contributed by atoms with Gasteiger partial charge in [0, 0.05) is 12.1 Å². The van der Waals surface area contributed by atoms with Gasteiger partial charge < -0.3 is 9.73 Å². The summed E-state index contributed by atoms with van der Waals surface area (Å²) < 4.78 is 32.2. The molecule has 1 amide bonds. The van der Waals surface area contributed by atoms with Crippen molar-refractivity contribution in [1.29, 1.82) is 0 Å². The van der Waals surface area contributed by atoms with Crippen LogP contribution in [0.3, 0.4) is 0 Å². The minimum atomic E-state index is -3.63. The molecule has 1 fully saturated rings. The van der Waals surface area contributed by atoms with Crippen LogP contribution in [0.15, 0.2) is 52.0 Å². The first kappa shape index (κ1) is 19.6. The van der Waals surface area contributed by atoms with Gasteiger partial charge in [0.15, 0.2) is 0 Å². The summed E-state index contributed by atoms with van der Waals surface area (Å²) in [4.78, 5) is 12.3. The number of sulfonamides is 1. The fourth-order valence-electron chi connectivity index (χ4n) is 3.41. The Morgan fingerprint density at radius 3 is 2.48 bits per heavy atom. The zero-order valence-corrected chi connectivity index (χ0v) is 16.1. The van der Waals surface area contributed by atoms with Crippen molar-refractivity contribution in [2.75, 3.05) is 5.32 Å². The van der Waals surface area contributed by atoms with Crippen molar-refractivity contribution in [3.8, 4) is 0 Å². The number of anilines is 1. The summed E-state index contributed by atoms with van der Waals surface area (Å²) in [5, 5.41) is 2.85. The lowest BCUT2D eigenvalue weighted by Crippen LogP contribution is -2.23. The Balaban J connectivity index is 1.49. The van der Waals surface area contributed by atoms with Crippen LogP contribution in [0.1, 0.15) is 50.7 Å². The molecule has 1 aromatic heterocycles. The first-order valence-electron chi connectivity index (χ1n) is 9.45. The van der Waals surface area contributed by atoms with Crippen LogP contribution in [0.4, 0.5) is 5.69 Å². The van der Waals surface area contributed by atoms with E-state index in [1.54, 1.807) is 24.3 Å². The van der Waals surface area contributed by atoms with E-state index >= 15 is 0 Å². The van der Waals surface area contributed by atoms with E-state index in [4.69, 9.17) is 4.42 Å². The van der Waals surface area contributed by atoms with Crippen LogP contribution in [-0.2, 0) is 21.4 Å². The van der Waals surface area contributed by atoms with E-state index in [1.807, 2.05) is 0 Å². The van der Waals surface area contributed by atoms with Crippen molar-refractivity contribution in [2.45, 2.75) is 56.4 Å². The molecule has 0 radical (unpaired) electrons. The topological polar surface area (TPSA) is 88.4 Å². The maximum Gasteiger partial charge on any atom is 0.240 e. The average molecular weight is 391 g/mol. The minimum Gasteiger partial charge on any atom is -0.468 e. The van der Waals surface area contributed by atoms with Crippen molar-refractivity contribution >= 4 is 21.6 Å². The predicted molar refractivity (Wildman–Crippen MR) is 104 cm³/mol. The molecule has 146 valence electrons. The monoisotopic (exact) mass is 390 g/mol. The number of carbonyl (C=O) groups excluding carboxylic acids is 1. The summed E-state index contributed by atoms with van der Waals surface area (Å²) in [5.41, 5.74) is 0.605. The Hall–Kier alpha value is -2.12. The van der Waals surface area contributed by atoms with Gasteiger partial charge in [0.2, 0.25) is 15.9 Å². The van der Waals surface area contributed by atoms with Gasteiger partial charge in [-0.25, -0.2) is 13.1 Å². The molecule has 2 N–H and O–H groups in total. The fourth-order valence-corrected chi connectivity index (χ4v) is 4.41. The summed E-state index contributed by atoms with van der Waals surface area (Å²) in [6.45, 7) is 0.0922. The third kappa shape index (κ3) is 5.94. The molecule has 0 unspecified atom stereocenters. The maximum atomic E-state index is 12.3. The minimum absolute atomic E-state index is 0.0212. The third-order valence-corrected chi connectivity index (χ3v) is 6.39. The number of hydrogen-bond donors (Lipinski definition) is 2. The zero-order valence-electron chi connectivity index (χ0n) is 15.3. The third-order valence-electron chi connectivity index (χ3n) is 4.97. The van der Waals surface area contributed by atoms with Gasteiger partial charge in [-0.2, -0.15) is 0 Å². The summed E-state index contributed by atoms with van der Waals surface area (Å²) in [5.74, 6) is 1.19. The number of amides is 1. The molecule has 1 heterocycles. The molecular formula is C20H26N2O4S. The van der Waals surface area contributed by atoms with Crippen molar-refractivity contribution in [3.05, 3.63) is 48.4 Å². The van der Waals surface area contributed by atoms with Crippen molar-refractivity contribution in [1.82, 2.24) is 4.72 Å². The number of hydrogen-bond acceptors (Lipinski definition) is 4. The lowest BCUT2D eigenvalue weighted by molar-refractivity contribution is -0.116. The maximum absolute atomic E-state index is 12.3. The highest BCUT2D eigenvalue weighted by atomic mass is 32.2. The lowest BCUT2D eigenvalue weighted by atomic mass is 9.86. The number of furan rings is 1. The van der Waals surface area contributed by atoms with Crippen molar-refractivity contribution in [2.24, 2.45) is 5.92 Å². The van der Waals surface area contributed by atoms with Crippen LogP contribution in [0.5, 0.6) is 0 Å². The molecule has 0 atom stereocenters. The van der Waals surface area contributed by atoms with E-state index < -0.39 is 10.0 Å². The van der Waals surface area contributed by atoms with Crippen molar-refractivity contribution in [3.63, 3.8) is 0 Å². The first-order chi connectivity index (χ1) is 13.0. The van der Waals surface area contributed by atoms with E-state index in [0.29, 0.717) is 23.8 Å². The zero-order chi connectivity index (χ0) is 19.1. The standard InChI is InChI=1S/C20H26N2O4S/c23-20(13-8-16-5-2-1-3-6-16)22-17-9-11-19(12-10-17)27(24,25)21-15-18-7-4-14-26-18/h4,7,9-12,14,16,21H,1-3,5-6,8,13,15H2,(H,22,23). The molecule has 3 rings (SSSR count). The molecule has 1 aliphatic carbocycles. The Morgan fingerprint density at radius 2 is 1.81 bits per heavy atom. The van der Waals surface area contributed by atoms with Gasteiger partial charge in [0.05, 0.1) is 17.7 Å². The largest absolute Gasteiger partial charge is 0.468 e. The van der Waals surface area contributed by atoms with Gasteiger partial charge in [0.1, 0.15) is 5.76 Å². The van der Waals surface area contributed by atoms with Crippen LogP contribution >= 0.6 is 0 Å². The number of rotatable bonds is 8. The fraction of sp³-hybridized carbons (Fsp3) is 0.450. The normalized spacial score (nSPS) is 15.6. The molecule has 0 bridgehead atoms. The van der Waals surface area contributed by atoms with Gasteiger partial charge in [0.25, 0.3) is 0 Å². The van der Waals surface area contributed by atoms with E-state index in [2.05, 4.69) is 10.0 Å². The quantitative estimate of drug-likeness (QED) is 0.711. The molecule has 0 saturated heterocycles. The Bertz CT molecular complexity index is 823. The first-order valence-corrected chi connectivity index (χ1v) is 10.9. The summed E-state index contributed by atoms with van der Waals surface area (Å²) in [6, 6.07) is 9.60. The number of benzene rings is 1. The Kier molecular flexibility index (Phi) is 6.68.